The molecule has 29 heavy (non-hydrogen) atoms. The molecule has 0 bridgehead atoms. The fraction of sp³-hybridized carbons (Fsp3) is 0.375. The van der Waals surface area contributed by atoms with Crippen molar-refractivity contribution in [2.24, 2.45) is 0 Å². The number of ether oxygens (including phenoxy) is 1. The molecule has 3 aromatic rings. The average Bonchev–Trinajstić information content (AvgIpc) is 3.14. The highest BCUT2D eigenvalue weighted by Gasteiger charge is 2.32. The van der Waals surface area contributed by atoms with Gasteiger partial charge in [0.05, 0.1) is 19.3 Å². The van der Waals surface area contributed by atoms with Crippen molar-refractivity contribution in [2.75, 3.05) is 20.2 Å². The summed E-state index contributed by atoms with van der Waals surface area (Å²) in [5, 5.41) is 11.0. The Morgan fingerprint density at radius 3 is 2.17 bits per heavy atom. The quantitative estimate of drug-likeness (QED) is 0.693. The van der Waals surface area contributed by atoms with Crippen LogP contribution in [0.2, 0.25) is 0 Å². The standard InChI is InChI=1S/C24H29N3O2/c1-19-25-13-16-27(19)18-24(28)11-14-26(15-12-24)17-20-3-5-21(6-4-20)22-7-9-23(29-2)10-8-22/h3-10,13,16,28H,11-12,14-15,17-18H2,1-2H3. The molecule has 0 saturated carbocycles. The van der Waals surface area contributed by atoms with Crippen LogP contribution < -0.4 is 4.74 Å². The zero-order valence-corrected chi connectivity index (χ0v) is 17.2. The highest BCUT2D eigenvalue weighted by molar-refractivity contribution is 5.64. The third kappa shape index (κ3) is 4.69. The van der Waals surface area contributed by atoms with Gasteiger partial charge in [-0.05, 0) is 48.6 Å². The van der Waals surface area contributed by atoms with E-state index in [4.69, 9.17) is 4.74 Å². The molecule has 1 N–H and O–H groups in total. The van der Waals surface area contributed by atoms with Gasteiger partial charge >= 0.3 is 0 Å². The minimum Gasteiger partial charge on any atom is -0.497 e. The maximum Gasteiger partial charge on any atom is 0.118 e. The number of rotatable bonds is 6. The number of benzene rings is 2. The second kappa shape index (κ2) is 8.39. The molecule has 0 spiro atoms. The first-order chi connectivity index (χ1) is 14.0. The molecule has 152 valence electrons. The lowest BCUT2D eigenvalue weighted by molar-refractivity contribution is -0.0361. The molecule has 1 fully saturated rings. The van der Waals surface area contributed by atoms with Crippen LogP contribution in [0.5, 0.6) is 5.75 Å². The molecule has 2 heterocycles. The van der Waals surface area contributed by atoms with Crippen LogP contribution in [-0.4, -0.2) is 45.4 Å². The van der Waals surface area contributed by atoms with Gasteiger partial charge in [-0.25, -0.2) is 4.98 Å². The average molecular weight is 392 g/mol. The summed E-state index contributed by atoms with van der Waals surface area (Å²) in [4.78, 5) is 6.68. The van der Waals surface area contributed by atoms with Gasteiger partial charge in [0.15, 0.2) is 0 Å². The maximum absolute atomic E-state index is 11.0. The SMILES string of the molecule is COc1ccc(-c2ccc(CN3CCC(O)(Cn4ccnc4C)CC3)cc2)cc1. The molecule has 0 unspecified atom stereocenters. The van der Waals surface area contributed by atoms with Gasteiger partial charge in [0, 0.05) is 32.0 Å². The normalized spacial score (nSPS) is 16.7. The van der Waals surface area contributed by atoms with Gasteiger partial charge < -0.3 is 14.4 Å². The molecular weight excluding hydrogens is 362 g/mol. The number of likely N-dealkylation sites (tertiary alicyclic amines) is 1. The third-order valence-corrected chi connectivity index (χ3v) is 5.96. The summed E-state index contributed by atoms with van der Waals surface area (Å²) in [7, 11) is 1.68. The predicted octanol–water partition coefficient (Wildman–Crippen LogP) is 3.89. The minimum absolute atomic E-state index is 0.628. The molecule has 4 rings (SSSR count). The van der Waals surface area contributed by atoms with Gasteiger partial charge in [-0.2, -0.15) is 0 Å². The van der Waals surface area contributed by atoms with Crippen molar-refractivity contribution in [1.29, 1.82) is 0 Å². The molecule has 1 aromatic heterocycles. The van der Waals surface area contributed by atoms with Crippen molar-refractivity contribution in [3.8, 4) is 16.9 Å². The van der Waals surface area contributed by atoms with Crippen LogP contribution in [0.25, 0.3) is 11.1 Å². The summed E-state index contributed by atoms with van der Waals surface area (Å²) < 4.78 is 7.28. The van der Waals surface area contributed by atoms with Crippen LogP contribution in [0, 0.1) is 6.92 Å². The molecule has 2 aromatic carbocycles. The molecule has 0 atom stereocenters. The first kappa shape index (κ1) is 19.7. The van der Waals surface area contributed by atoms with E-state index >= 15 is 0 Å². The Bertz CT molecular complexity index is 924. The highest BCUT2D eigenvalue weighted by atomic mass is 16.5. The van der Waals surface area contributed by atoms with E-state index < -0.39 is 5.60 Å². The van der Waals surface area contributed by atoms with Crippen molar-refractivity contribution in [3.63, 3.8) is 0 Å². The smallest absolute Gasteiger partial charge is 0.118 e. The van der Waals surface area contributed by atoms with Crippen LogP contribution >= 0.6 is 0 Å². The number of aromatic nitrogens is 2. The molecule has 0 amide bonds. The Balaban J connectivity index is 1.32. The first-order valence-electron chi connectivity index (χ1n) is 10.2. The summed E-state index contributed by atoms with van der Waals surface area (Å²) >= 11 is 0. The second-order valence-electron chi connectivity index (χ2n) is 8.03. The summed E-state index contributed by atoms with van der Waals surface area (Å²) in [6.45, 7) is 5.34. The van der Waals surface area contributed by atoms with Gasteiger partial charge in [0.25, 0.3) is 0 Å². The third-order valence-electron chi connectivity index (χ3n) is 5.96. The Morgan fingerprint density at radius 2 is 1.62 bits per heavy atom. The summed E-state index contributed by atoms with van der Waals surface area (Å²) in [5.74, 6) is 1.83. The van der Waals surface area contributed by atoms with Crippen LogP contribution in [0.3, 0.4) is 0 Å². The van der Waals surface area contributed by atoms with Gasteiger partial charge in [-0.15, -0.1) is 0 Å². The monoisotopic (exact) mass is 391 g/mol. The Hall–Kier alpha value is -2.63. The largest absolute Gasteiger partial charge is 0.497 e. The van der Waals surface area contributed by atoms with Crippen molar-refractivity contribution < 1.29 is 9.84 Å². The Labute approximate surface area is 172 Å². The molecule has 0 aliphatic carbocycles. The number of imidazole rings is 1. The molecular formula is C24H29N3O2. The lowest BCUT2D eigenvalue weighted by Gasteiger charge is -2.38. The Kier molecular flexibility index (Phi) is 5.69. The number of aliphatic hydroxyl groups is 1. The number of methoxy groups -OCH3 is 1. The van der Waals surface area contributed by atoms with Crippen molar-refractivity contribution in [1.82, 2.24) is 14.5 Å². The molecule has 5 heteroatoms. The van der Waals surface area contributed by atoms with E-state index in [1.165, 1.54) is 16.7 Å². The minimum atomic E-state index is -0.639. The van der Waals surface area contributed by atoms with E-state index in [0.717, 1.165) is 44.0 Å². The second-order valence-corrected chi connectivity index (χ2v) is 8.03. The molecule has 1 aliphatic heterocycles. The number of nitrogens with zero attached hydrogens (tertiary/aromatic N) is 3. The van der Waals surface area contributed by atoms with E-state index in [9.17, 15) is 5.11 Å². The molecule has 1 aliphatic rings. The van der Waals surface area contributed by atoms with E-state index in [0.29, 0.717) is 6.54 Å². The molecule has 0 radical (unpaired) electrons. The van der Waals surface area contributed by atoms with E-state index in [2.05, 4.69) is 46.3 Å². The number of aryl methyl sites for hydroxylation is 1. The van der Waals surface area contributed by atoms with Gasteiger partial charge in [-0.1, -0.05) is 36.4 Å². The zero-order chi connectivity index (χ0) is 20.3. The number of hydrogen-bond donors (Lipinski definition) is 1. The van der Waals surface area contributed by atoms with E-state index in [-0.39, 0.29) is 0 Å². The maximum atomic E-state index is 11.0. The molecule has 1 saturated heterocycles. The van der Waals surface area contributed by atoms with Crippen molar-refractivity contribution >= 4 is 0 Å². The molecule has 5 nitrogen and oxygen atoms in total. The lowest BCUT2D eigenvalue weighted by atomic mass is 9.91. The predicted molar refractivity (Wildman–Crippen MR) is 115 cm³/mol. The zero-order valence-electron chi connectivity index (χ0n) is 17.2. The summed E-state index contributed by atoms with van der Waals surface area (Å²) in [6, 6.07) is 16.9. The highest BCUT2D eigenvalue weighted by Crippen LogP contribution is 2.27. The van der Waals surface area contributed by atoms with Crippen LogP contribution in [0.1, 0.15) is 24.2 Å². The summed E-state index contributed by atoms with van der Waals surface area (Å²) in [5.41, 5.74) is 3.06. The van der Waals surface area contributed by atoms with Crippen LogP contribution in [0.4, 0.5) is 0 Å². The van der Waals surface area contributed by atoms with E-state index in [1.54, 1.807) is 13.3 Å². The van der Waals surface area contributed by atoms with Crippen molar-refractivity contribution in [3.05, 3.63) is 72.3 Å². The van der Waals surface area contributed by atoms with Crippen LogP contribution in [-0.2, 0) is 13.1 Å². The Morgan fingerprint density at radius 1 is 1.00 bits per heavy atom. The van der Waals surface area contributed by atoms with Gasteiger partial charge in [-0.3, -0.25) is 4.90 Å². The van der Waals surface area contributed by atoms with E-state index in [1.807, 2.05) is 29.8 Å². The van der Waals surface area contributed by atoms with Crippen molar-refractivity contribution in [2.45, 2.75) is 38.5 Å². The fourth-order valence-electron chi connectivity index (χ4n) is 4.02. The fourth-order valence-corrected chi connectivity index (χ4v) is 4.02. The van der Waals surface area contributed by atoms with Crippen LogP contribution in [0.15, 0.2) is 60.9 Å². The topological polar surface area (TPSA) is 50.5 Å². The van der Waals surface area contributed by atoms with Gasteiger partial charge in [0.1, 0.15) is 11.6 Å². The lowest BCUT2D eigenvalue weighted by Crippen LogP contribution is -2.46. The number of piperidine rings is 1. The number of hydrogen-bond acceptors (Lipinski definition) is 4. The summed E-state index contributed by atoms with van der Waals surface area (Å²) in [6.07, 6.45) is 5.32. The first-order valence-corrected chi connectivity index (χ1v) is 10.2. The van der Waals surface area contributed by atoms with Gasteiger partial charge in [0.2, 0.25) is 0 Å².